The maximum absolute atomic E-state index is 12.8. The lowest BCUT2D eigenvalue weighted by Gasteiger charge is -2.29. The highest BCUT2D eigenvalue weighted by atomic mass is 16.5. The molecule has 2 aliphatic rings. The molecule has 1 unspecified atom stereocenters. The molecule has 1 aliphatic heterocycles. The molecule has 1 saturated carbocycles. The van der Waals surface area contributed by atoms with E-state index in [1.54, 1.807) is 24.3 Å². The Kier molecular flexibility index (Phi) is 4.74. The molecule has 2 amide bonds. The first kappa shape index (κ1) is 16.4. The molecule has 1 atom stereocenters. The third-order valence-electron chi connectivity index (χ3n) is 4.51. The van der Waals surface area contributed by atoms with Crippen molar-refractivity contribution >= 4 is 12.0 Å². The number of amides is 2. The number of carbonyl (C=O) groups excluding carboxylic acids is 2. The van der Waals surface area contributed by atoms with E-state index in [-0.39, 0.29) is 17.9 Å². The minimum atomic E-state index is -0.630. The van der Waals surface area contributed by atoms with Gasteiger partial charge in [-0.1, -0.05) is 19.1 Å². The van der Waals surface area contributed by atoms with Gasteiger partial charge in [-0.3, -0.25) is 0 Å². The number of rotatable bonds is 4. The van der Waals surface area contributed by atoms with Crippen LogP contribution in [0.2, 0.25) is 0 Å². The number of carbonyl (C=O) groups is 2. The summed E-state index contributed by atoms with van der Waals surface area (Å²) in [5.74, 6) is -0.318. The summed E-state index contributed by atoms with van der Waals surface area (Å²) in [6.07, 6.45) is 4.38. The topological polar surface area (TPSA) is 87.7 Å². The fraction of sp³-hybridized carbons (Fsp3) is 0.444. The van der Waals surface area contributed by atoms with Crippen LogP contribution in [0.1, 0.15) is 50.6 Å². The van der Waals surface area contributed by atoms with E-state index >= 15 is 0 Å². The van der Waals surface area contributed by atoms with Crippen molar-refractivity contribution in [3.8, 4) is 5.75 Å². The normalized spacial score (nSPS) is 21.4. The minimum absolute atomic E-state index is 0.0504. The number of hydrogen-bond acceptors (Lipinski definition) is 4. The molecule has 24 heavy (non-hydrogen) atoms. The second-order valence-electron chi connectivity index (χ2n) is 6.18. The Balaban J connectivity index is 1.94. The average Bonchev–Trinajstić information content (AvgIpc) is 3.06. The average molecular weight is 330 g/mol. The van der Waals surface area contributed by atoms with Gasteiger partial charge in [-0.15, -0.1) is 0 Å². The molecule has 0 radical (unpaired) electrons. The van der Waals surface area contributed by atoms with Crippen LogP contribution in [0.15, 0.2) is 35.5 Å². The Bertz CT molecular complexity index is 677. The fourth-order valence-electron chi connectivity index (χ4n) is 3.31. The number of urea groups is 1. The van der Waals surface area contributed by atoms with E-state index in [1.807, 2.05) is 6.92 Å². The Morgan fingerprint density at radius 2 is 2.08 bits per heavy atom. The van der Waals surface area contributed by atoms with Crippen molar-refractivity contribution < 1.29 is 19.4 Å². The molecule has 0 saturated heterocycles. The molecule has 1 fully saturated rings. The zero-order valence-corrected chi connectivity index (χ0v) is 13.7. The van der Waals surface area contributed by atoms with Gasteiger partial charge in [0.25, 0.3) is 0 Å². The first-order chi connectivity index (χ1) is 11.6. The fourth-order valence-corrected chi connectivity index (χ4v) is 3.31. The summed E-state index contributed by atoms with van der Waals surface area (Å²) in [5.41, 5.74) is 1.62. The van der Waals surface area contributed by atoms with Gasteiger partial charge in [-0.05, 0) is 49.8 Å². The van der Waals surface area contributed by atoms with E-state index in [4.69, 9.17) is 4.74 Å². The van der Waals surface area contributed by atoms with Gasteiger partial charge in [-0.25, -0.2) is 9.59 Å². The molecule has 6 heteroatoms. The number of phenolic OH excluding ortho intramolecular Hbond substituents is 1. The Hall–Kier alpha value is -2.50. The van der Waals surface area contributed by atoms with E-state index in [2.05, 4.69) is 10.6 Å². The molecule has 1 aromatic carbocycles. The monoisotopic (exact) mass is 330 g/mol. The van der Waals surface area contributed by atoms with Crippen molar-refractivity contribution in [3.63, 3.8) is 0 Å². The van der Waals surface area contributed by atoms with E-state index in [9.17, 15) is 14.7 Å². The number of esters is 1. The standard InChI is InChI=1S/C18H22N2O4/c1-2-14-15(17(22)24-13-8-3-4-9-13)16(20-18(23)19-14)11-6-5-7-12(21)10-11/h5-7,10,13,16,21H,2-4,8-9H2,1H3,(H2,19,20,23). The number of hydrogen-bond donors (Lipinski definition) is 3. The summed E-state index contributed by atoms with van der Waals surface area (Å²) >= 11 is 0. The van der Waals surface area contributed by atoms with E-state index < -0.39 is 12.0 Å². The maximum atomic E-state index is 12.8. The van der Waals surface area contributed by atoms with Crippen LogP contribution in [-0.2, 0) is 9.53 Å². The third kappa shape index (κ3) is 3.37. The lowest BCUT2D eigenvalue weighted by Crippen LogP contribution is -2.46. The summed E-state index contributed by atoms with van der Waals surface area (Å²) in [4.78, 5) is 24.7. The molecule has 3 N–H and O–H groups in total. The number of ether oxygens (including phenoxy) is 1. The van der Waals surface area contributed by atoms with Crippen molar-refractivity contribution in [1.82, 2.24) is 10.6 Å². The Morgan fingerprint density at radius 1 is 1.33 bits per heavy atom. The molecule has 6 nitrogen and oxygen atoms in total. The predicted octanol–water partition coefficient (Wildman–Crippen LogP) is 2.90. The Labute approximate surface area is 140 Å². The van der Waals surface area contributed by atoms with Crippen molar-refractivity contribution in [2.45, 2.75) is 51.2 Å². The van der Waals surface area contributed by atoms with Gasteiger partial charge < -0.3 is 20.5 Å². The SMILES string of the molecule is CCC1=C(C(=O)OC2CCCC2)C(c2cccc(O)c2)NC(=O)N1. The minimum Gasteiger partial charge on any atom is -0.508 e. The van der Waals surface area contributed by atoms with Crippen molar-refractivity contribution in [2.24, 2.45) is 0 Å². The van der Waals surface area contributed by atoms with E-state index in [0.29, 0.717) is 23.3 Å². The number of aromatic hydroxyl groups is 1. The maximum Gasteiger partial charge on any atom is 0.338 e. The predicted molar refractivity (Wildman–Crippen MR) is 88.2 cm³/mol. The zero-order chi connectivity index (χ0) is 17.1. The quantitative estimate of drug-likeness (QED) is 0.741. The summed E-state index contributed by atoms with van der Waals surface area (Å²) in [7, 11) is 0. The summed E-state index contributed by atoms with van der Waals surface area (Å²) in [6, 6.07) is 5.56. The smallest absolute Gasteiger partial charge is 0.338 e. The molecular weight excluding hydrogens is 308 g/mol. The van der Waals surface area contributed by atoms with Gasteiger partial charge in [0.2, 0.25) is 0 Å². The van der Waals surface area contributed by atoms with E-state index in [0.717, 1.165) is 25.7 Å². The zero-order valence-electron chi connectivity index (χ0n) is 13.7. The highest BCUT2D eigenvalue weighted by molar-refractivity contribution is 5.95. The second kappa shape index (κ2) is 6.95. The van der Waals surface area contributed by atoms with Crippen LogP contribution in [0.25, 0.3) is 0 Å². The van der Waals surface area contributed by atoms with Crippen LogP contribution in [0.3, 0.4) is 0 Å². The Morgan fingerprint density at radius 3 is 2.75 bits per heavy atom. The molecule has 1 aliphatic carbocycles. The highest BCUT2D eigenvalue weighted by Gasteiger charge is 2.34. The molecule has 0 aromatic heterocycles. The molecule has 128 valence electrons. The van der Waals surface area contributed by atoms with Crippen LogP contribution >= 0.6 is 0 Å². The lowest BCUT2D eigenvalue weighted by atomic mass is 9.94. The summed E-state index contributed by atoms with van der Waals surface area (Å²) in [5, 5.41) is 15.2. The van der Waals surface area contributed by atoms with Crippen LogP contribution in [0.5, 0.6) is 5.75 Å². The molecule has 1 heterocycles. The van der Waals surface area contributed by atoms with E-state index in [1.165, 1.54) is 0 Å². The van der Waals surface area contributed by atoms with Gasteiger partial charge in [0, 0.05) is 5.70 Å². The number of benzene rings is 1. The van der Waals surface area contributed by atoms with Crippen LogP contribution in [0.4, 0.5) is 4.79 Å². The van der Waals surface area contributed by atoms with Gasteiger partial charge >= 0.3 is 12.0 Å². The number of nitrogens with one attached hydrogen (secondary N) is 2. The van der Waals surface area contributed by atoms with Crippen molar-refractivity contribution in [3.05, 3.63) is 41.1 Å². The largest absolute Gasteiger partial charge is 0.508 e. The summed E-state index contributed by atoms with van der Waals surface area (Å²) in [6.45, 7) is 1.88. The first-order valence-corrected chi connectivity index (χ1v) is 8.39. The second-order valence-corrected chi connectivity index (χ2v) is 6.18. The van der Waals surface area contributed by atoms with Crippen LogP contribution in [0, 0.1) is 0 Å². The molecule has 3 rings (SSSR count). The van der Waals surface area contributed by atoms with Gasteiger partial charge in [0.15, 0.2) is 0 Å². The van der Waals surface area contributed by atoms with Gasteiger partial charge in [0.1, 0.15) is 11.9 Å². The summed E-state index contributed by atoms with van der Waals surface area (Å²) < 4.78 is 5.65. The van der Waals surface area contributed by atoms with Crippen LogP contribution in [-0.4, -0.2) is 23.2 Å². The van der Waals surface area contributed by atoms with Gasteiger partial charge in [0.05, 0.1) is 11.6 Å². The number of phenols is 1. The first-order valence-electron chi connectivity index (χ1n) is 8.39. The molecule has 0 spiro atoms. The van der Waals surface area contributed by atoms with Crippen molar-refractivity contribution in [1.29, 1.82) is 0 Å². The molecule has 1 aromatic rings. The molecule has 0 bridgehead atoms. The lowest BCUT2D eigenvalue weighted by molar-refractivity contribution is -0.144. The molecular formula is C18H22N2O4. The highest BCUT2D eigenvalue weighted by Crippen LogP contribution is 2.32. The van der Waals surface area contributed by atoms with Gasteiger partial charge in [-0.2, -0.15) is 0 Å². The number of allylic oxidation sites excluding steroid dienone is 1. The third-order valence-corrected chi connectivity index (χ3v) is 4.51. The van der Waals surface area contributed by atoms with Crippen LogP contribution < -0.4 is 10.6 Å². The van der Waals surface area contributed by atoms with Crippen molar-refractivity contribution in [2.75, 3.05) is 0 Å².